The summed E-state index contributed by atoms with van der Waals surface area (Å²) in [5, 5.41) is 10.0. The maximum absolute atomic E-state index is 10.9. The third kappa shape index (κ3) is 1.48. The van der Waals surface area contributed by atoms with E-state index in [2.05, 4.69) is 15.3 Å². The molecule has 0 aliphatic rings. The van der Waals surface area contributed by atoms with E-state index in [0.717, 1.165) is 11.1 Å². The highest BCUT2D eigenvalue weighted by Gasteiger charge is 2.00. The molecule has 0 aliphatic carbocycles. The maximum atomic E-state index is 10.9. The minimum atomic E-state index is -0.207. The Morgan fingerprint density at radius 3 is 2.85 bits per heavy atom. The third-order valence-electron chi connectivity index (χ3n) is 1.70. The van der Waals surface area contributed by atoms with Gasteiger partial charge in [-0.2, -0.15) is 10.2 Å². The first-order chi connectivity index (χ1) is 6.25. The predicted octanol–water partition coefficient (Wildman–Crippen LogP) is 0.170. The Bertz CT molecular complexity index is 471. The number of aromatic amines is 1. The molecule has 2 aromatic heterocycles. The fourth-order valence-electron chi connectivity index (χ4n) is 1.10. The molecular weight excluding hydrogens is 168 g/mol. The van der Waals surface area contributed by atoms with Crippen molar-refractivity contribution in [2.45, 2.75) is 0 Å². The van der Waals surface area contributed by atoms with Crippen molar-refractivity contribution in [1.82, 2.24) is 20.0 Å². The zero-order chi connectivity index (χ0) is 9.26. The molecule has 1 N–H and O–H groups in total. The van der Waals surface area contributed by atoms with Crippen molar-refractivity contribution in [3.05, 3.63) is 35.0 Å². The number of nitrogens with zero attached hydrogens (tertiary/aromatic N) is 3. The Morgan fingerprint density at radius 2 is 2.23 bits per heavy atom. The maximum Gasteiger partial charge on any atom is 0.264 e. The van der Waals surface area contributed by atoms with E-state index in [1.165, 1.54) is 6.07 Å². The average molecular weight is 176 g/mol. The van der Waals surface area contributed by atoms with Crippen LogP contribution in [0.1, 0.15) is 0 Å². The first kappa shape index (κ1) is 7.72. The molecule has 0 radical (unpaired) electrons. The van der Waals surface area contributed by atoms with E-state index in [1.807, 2.05) is 13.2 Å². The van der Waals surface area contributed by atoms with Crippen LogP contribution in [0.25, 0.3) is 11.1 Å². The van der Waals surface area contributed by atoms with Crippen molar-refractivity contribution in [2.24, 2.45) is 7.05 Å². The number of aryl methyl sites for hydroxylation is 1. The minimum absolute atomic E-state index is 0.207. The summed E-state index contributed by atoms with van der Waals surface area (Å²) < 4.78 is 1.68. The summed E-state index contributed by atoms with van der Waals surface area (Å²) in [6.45, 7) is 0. The molecule has 0 saturated heterocycles. The van der Waals surface area contributed by atoms with E-state index in [0.29, 0.717) is 0 Å². The average Bonchev–Trinajstić information content (AvgIpc) is 2.52. The standard InChI is InChI=1S/C8H8N4O/c1-12-5-7(4-10-12)6-2-8(13)11-9-3-6/h2-5H,1H3,(H,11,13). The van der Waals surface area contributed by atoms with Gasteiger partial charge >= 0.3 is 0 Å². The van der Waals surface area contributed by atoms with Crippen molar-refractivity contribution >= 4 is 0 Å². The SMILES string of the molecule is Cn1cc(-c2cn[nH]c(=O)c2)cn1. The van der Waals surface area contributed by atoms with Gasteiger partial charge in [-0.05, 0) is 0 Å². The van der Waals surface area contributed by atoms with Gasteiger partial charge in [-0.25, -0.2) is 5.10 Å². The normalized spacial score (nSPS) is 10.2. The van der Waals surface area contributed by atoms with Gasteiger partial charge in [-0.15, -0.1) is 0 Å². The van der Waals surface area contributed by atoms with E-state index in [1.54, 1.807) is 17.1 Å². The van der Waals surface area contributed by atoms with Crippen molar-refractivity contribution in [2.75, 3.05) is 0 Å². The summed E-state index contributed by atoms with van der Waals surface area (Å²) in [5.74, 6) is 0. The summed E-state index contributed by atoms with van der Waals surface area (Å²) in [6, 6.07) is 1.49. The lowest BCUT2D eigenvalue weighted by molar-refractivity contribution is 0.768. The summed E-state index contributed by atoms with van der Waals surface area (Å²) in [4.78, 5) is 10.9. The van der Waals surface area contributed by atoms with Crippen LogP contribution in [0.5, 0.6) is 0 Å². The number of aromatic nitrogens is 4. The lowest BCUT2D eigenvalue weighted by atomic mass is 10.2. The van der Waals surface area contributed by atoms with Gasteiger partial charge in [0, 0.05) is 30.4 Å². The first-order valence-corrected chi connectivity index (χ1v) is 3.79. The largest absolute Gasteiger partial charge is 0.275 e. The molecule has 0 bridgehead atoms. The Labute approximate surface area is 74.0 Å². The Kier molecular flexibility index (Phi) is 1.70. The van der Waals surface area contributed by atoms with E-state index >= 15 is 0 Å². The van der Waals surface area contributed by atoms with E-state index in [9.17, 15) is 4.79 Å². The van der Waals surface area contributed by atoms with Crippen molar-refractivity contribution < 1.29 is 0 Å². The van der Waals surface area contributed by atoms with Crippen LogP contribution in [0.3, 0.4) is 0 Å². The zero-order valence-electron chi connectivity index (χ0n) is 7.06. The second-order valence-electron chi connectivity index (χ2n) is 2.74. The molecule has 5 heteroatoms. The predicted molar refractivity (Wildman–Crippen MR) is 47.1 cm³/mol. The number of H-pyrrole nitrogens is 1. The van der Waals surface area contributed by atoms with Crippen molar-refractivity contribution in [3.8, 4) is 11.1 Å². The van der Waals surface area contributed by atoms with Gasteiger partial charge in [-0.3, -0.25) is 9.48 Å². The molecule has 0 spiro atoms. The monoisotopic (exact) mass is 176 g/mol. The summed E-state index contributed by atoms with van der Waals surface area (Å²) in [6.07, 6.45) is 5.12. The number of hydrogen-bond acceptors (Lipinski definition) is 3. The van der Waals surface area contributed by atoms with Gasteiger partial charge in [0.05, 0.1) is 12.4 Å². The molecule has 5 nitrogen and oxygen atoms in total. The third-order valence-corrected chi connectivity index (χ3v) is 1.70. The van der Waals surface area contributed by atoms with E-state index in [4.69, 9.17) is 0 Å². The Balaban J connectivity index is 2.52. The van der Waals surface area contributed by atoms with Crippen LogP contribution in [0.2, 0.25) is 0 Å². The lowest BCUT2D eigenvalue weighted by Gasteiger charge is -1.92. The number of hydrogen-bond donors (Lipinski definition) is 1. The molecule has 13 heavy (non-hydrogen) atoms. The zero-order valence-corrected chi connectivity index (χ0v) is 7.06. The summed E-state index contributed by atoms with van der Waals surface area (Å²) in [7, 11) is 1.82. The topological polar surface area (TPSA) is 63.6 Å². The second-order valence-corrected chi connectivity index (χ2v) is 2.74. The molecule has 0 unspecified atom stereocenters. The molecule has 0 aromatic carbocycles. The summed E-state index contributed by atoms with van der Waals surface area (Å²) in [5.41, 5.74) is 1.46. The molecule has 0 fully saturated rings. The van der Waals surface area contributed by atoms with Crippen LogP contribution in [0.15, 0.2) is 29.5 Å². The molecule has 0 atom stereocenters. The molecule has 0 aliphatic heterocycles. The van der Waals surface area contributed by atoms with Gasteiger partial charge < -0.3 is 0 Å². The van der Waals surface area contributed by atoms with Crippen LogP contribution >= 0.6 is 0 Å². The quantitative estimate of drug-likeness (QED) is 0.673. The highest BCUT2D eigenvalue weighted by molar-refractivity contribution is 5.59. The highest BCUT2D eigenvalue weighted by Crippen LogP contribution is 2.13. The van der Waals surface area contributed by atoms with E-state index in [-0.39, 0.29) is 5.56 Å². The van der Waals surface area contributed by atoms with Crippen molar-refractivity contribution in [1.29, 1.82) is 0 Å². The molecule has 2 rings (SSSR count). The van der Waals surface area contributed by atoms with Gasteiger partial charge in [0.15, 0.2) is 0 Å². The van der Waals surface area contributed by atoms with E-state index < -0.39 is 0 Å². The lowest BCUT2D eigenvalue weighted by Crippen LogP contribution is -2.05. The Hall–Kier alpha value is -1.91. The van der Waals surface area contributed by atoms with Crippen molar-refractivity contribution in [3.63, 3.8) is 0 Å². The molecule has 0 amide bonds. The highest BCUT2D eigenvalue weighted by atomic mass is 16.1. The number of nitrogens with one attached hydrogen (secondary N) is 1. The fraction of sp³-hybridized carbons (Fsp3) is 0.125. The molecule has 0 saturated carbocycles. The molecule has 2 heterocycles. The smallest absolute Gasteiger partial charge is 0.264 e. The fourth-order valence-corrected chi connectivity index (χ4v) is 1.10. The summed E-state index contributed by atoms with van der Waals surface area (Å²) >= 11 is 0. The van der Waals surface area contributed by atoms with Gasteiger partial charge in [0.2, 0.25) is 0 Å². The van der Waals surface area contributed by atoms with Gasteiger partial charge in [0.25, 0.3) is 5.56 Å². The second kappa shape index (κ2) is 2.85. The Morgan fingerprint density at radius 1 is 1.38 bits per heavy atom. The minimum Gasteiger partial charge on any atom is -0.275 e. The molecular formula is C8H8N4O. The van der Waals surface area contributed by atoms with Gasteiger partial charge in [0.1, 0.15) is 0 Å². The van der Waals surface area contributed by atoms with Crippen LogP contribution in [0, 0.1) is 0 Å². The first-order valence-electron chi connectivity index (χ1n) is 3.79. The van der Waals surface area contributed by atoms with Crippen LogP contribution in [-0.2, 0) is 7.05 Å². The van der Waals surface area contributed by atoms with Crippen LogP contribution in [0.4, 0.5) is 0 Å². The molecule has 2 aromatic rings. The van der Waals surface area contributed by atoms with Crippen LogP contribution < -0.4 is 5.56 Å². The van der Waals surface area contributed by atoms with Gasteiger partial charge in [-0.1, -0.05) is 0 Å². The van der Waals surface area contributed by atoms with Crippen LogP contribution in [-0.4, -0.2) is 20.0 Å². The number of rotatable bonds is 1. The molecule has 66 valence electrons.